The molecule has 0 saturated heterocycles. The molecule has 7 nitrogen and oxygen atoms in total. The summed E-state index contributed by atoms with van der Waals surface area (Å²) in [6, 6.07) is 10.5. The summed E-state index contributed by atoms with van der Waals surface area (Å²) >= 11 is 1.40. The van der Waals surface area contributed by atoms with Crippen molar-refractivity contribution in [2.45, 2.75) is 0 Å². The van der Waals surface area contributed by atoms with Crippen LogP contribution in [0.4, 0.5) is 9.93 Å². The van der Waals surface area contributed by atoms with E-state index in [1.165, 1.54) is 17.6 Å². The second-order valence-corrected chi connectivity index (χ2v) is 5.63. The Morgan fingerprint density at radius 2 is 1.91 bits per heavy atom. The lowest BCUT2D eigenvalue weighted by Crippen LogP contribution is -2.36. The highest BCUT2D eigenvalue weighted by atomic mass is 32.1. The number of rotatable bonds is 5. The van der Waals surface area contributed by atoms with Gasteiger partial charge in [-0.2, -0.15) is 0 Å². The average molecular weight is 330 g/mol. The maximum atomic E-state index is 11.8. The predicted molar refractivity (Wildman–Crippen MR) is 87.7 cm³/mol. The van der Waals surface area contributed by atoms with Crippen LogP contribution in [0, 0.1) is 0 Å². The molecule has 2 aromatic heterocycles. The van der Waals surface area contributed by atoms with Crippen LogP contribution in [0.2, 0.25) is 0 Å². The van der Waals surface area contributed by atoms with Crippen molar-refractivity contribution in [1.29, 1.82) is 0 Å². The summed E-state index contributed by atoms with van der Waals surface area (Å²) in [5, 5.41) is 8.49. The average Bonchev–Trinajstić information content (AvgIpc) is 3.20. The van der Waals surface area contributed by atoms with Crippen molar-refractivity contribution in [1.82, 2.24) is 15.6 Å². The Bertz CT molecular complexity index is 780. The van der Waals surface area contributed by atoms with E-state index in [0.717, 1.165) is 10.2 Å². The van der Waals surface area contributed by atoms with Crippen molar-refractivity contribution in [2.24, 2.45) is 0 Å². The minimum Gasteiger partial charge on any atom is -0.459 e. The smallest absolute Gasteiger partial charge is 0.321 e. The first-order chi connectivity index (χ1) is 11.2. The molecule has 0 unspecified atom stereocenters. The number of para-hydroxylation sites is 1. The number of amides is 3. The molecule has 0 atom stereocenters. The molecule has 23 heavy (non-hydrogen) atoms. The Kier molecular flexibility index (Phi) is 4.53. The highest BCUT2D eigenvalue weighted by molar-refractivity contribution is 7.22. The van der Waals surface area contributed by atoms with Crippen LogP contribution in [0.25, 0.3) is 10.2 Å². The number of nitrogens with one attached hydrogen (secondary N) is 3. The predicted octanol–water partition coefficient (Wildman–Crippen LogP) is 2.44. The molecule has 0 bridgehead atoms. The minimum absolute atomic E-state index is 0.240. The Morgan fingerprint density at radius 1 is 1.09 bits per heavy atom. The highest BCUT2D eigenvalue weighted by Crippen LogP contribution is 2.25. The lowest BCUT2D eigenvalue weighted by molar-refractivity contribution is 0.0926. The van der Waals surface area contributed by atoms with Crippen molar-refractivity contribution in [3.63, 3.8) is 0 Å². The number of thiazole rings is 1. The molecule has 2 heterocycles. The molecule has 0 saturated carbocycles. The molecule has 8 heteroatoms. The molecule has 1 aromatic carbocycles. The molecule has 118 valence electrons. The Hall–Kier alpha value is -2.87. The zero-order chi connectivity index (χ0) is 16.1. The zero-order valence-corrected chi connectivity index (χ0v) is 12.9. The Labute approximate surface area is 135 Å². The van der Waals surface area contributed by atoms with Gasteiger partial charge in [0.15, 0.2) is 10.9 Å². The number of hydrogen-bond acceptors (Lipinski definition) is 5. The van der Waals surface area contributed by atoms with E-state index in [0.29, 0.717) is 18.2 Å². The molecule has 0 radical (unpaired) electrons. The van der Waals surface area contributed by atoms with E-state index < -0.39 is 0 Å². The van der Waals surface area contributed by atoms with Gasteiger partial charge in [0.1, 0.15) is 0 Å². The number of urea groups is 1. The first-order valence-corrected chi connectivity index (χ1v) is 7.76. The fourth-order valence-corrected chi connectivity index (χ4v) is 2.77. The van der Waals surface area contributed by atoms with Gasteiger partial charge in [0.2, 0.25) is 0 Å². The lowest BCUT2D eigenvalue weighted by Gasteiger charge is -2.06. The third-order valence-corrected chi connectivity index (χ3v) is 3.91. The van der Waals surface area contributed by atoms with Gasteiger partial charge in [0.25, 0.3) is 5.91 Å². The quantitative estimate of drug-likeness (QED) is 0.626. The van der Waals surface area contributed by atoms with Crippen LogP contribution in [-0.2, 0) is 0 Å². The first-order valence-electron chi connectivity index (χ1n) is 6.94. The number of anilines is 1. The number of benzene rings is 1. The van der Waals surface area contributed by atoms with Gasteiger partial charge in [-0.05, 0) is 24.3 Å². The van der Waals surface area contributed by atoms with Crippen LogP contribution < -0.4 is 16.0 Å². The molecule has 3 aromatic rings. The summed E-state index contributed by atoms with van der Waals surface area (Å²) in [5.41, 5.74) is 0.846. The molecule has 0 spiro atoms. The number of aromatic nitrogens is 1. The second-order valence-electron chi connectivity index (χ2n) is 4.60. The van der Waals surface area contributed by atoms with Crippen LogP contribution >= 0.6 is 11.3 Å². The van der Waals surface area contributed by atoms with Gasteiger partial charge < -0.3 is 15.1 Å². The molecule has 3 N–H and O–H groups in total. The molecule has 0 aliphatic carbocycles. The first kappa shape index (κ1) is 15.0. The van der Waals surface area contributed by atoms with Gasteiger partial charge in [0, 0.05) is 13.1 Å². The monoisotopic (exact) mass is 330 g/mol. The summed E-state index contributed by atoms with van der Waals surface area (Å²) in [4.78, 5) is 27.7. The molecular formula is C15H14N4O3S. The maximum absolute atomic E-state index is 11.8. The van der Waals surface area contributed by atoms with E-state index >= 15 is 0 Å². The van der Waals surface area contributed by atoms with E-state index in [4.69, 9.17) is 4.42 Å². The SMILES string of the molecule is O=C(NCCNC(=O)c1ccco1)Nc1nc2ccccc2s1. The Balaban J connectivity index is 1.42. The summed E-state index contributed by atoms with van der Waals surface area (Å²) in [7, 11) is 0. The third kappa shape index (κ3) is 3.86. The third-order valence-electron chi connectivity index (χ3n) is 2.96. The molecule has 0 aliphatic rings. The summed E-state index contributed by atoms with van der Waals surface area (Å²) in [5.74, 6) is -0.0766. The highest BCUT2D eigenvalue weighted by Gasteiger charge is 2.09. The van der Waals surface area contributed by atoms with E-state index in [2.05, 4.69) is 20.9 Å². The fourth-order valence-electron chi connectivity index (χ4n) is 1.91. The van der Waals surface area contributed by atoms with E-state index in [1.807, 2.05) is 24.3 Å². The molecule has 0 fully saturated rings. The van der Waals surface area contributed by atoms with Gasteiger partial charge in [-0.25, -0.2) is 9.78 Å². The van der Waals surface area contributed by atoms with Crippen LogP contribution in [0.3, 0.4) is 0 Å². The number of fused-ring (bicyclic) bond motifs is 1. The molecule has 3 amide bonds. The van der Waals surface area contributed by atoms with Crippen molar-refractivity contribution in [3.05, 3.63) is 48.4 Å². The second kappa shape index (κ2) is 6.93. The largest absolute Gasteiger partial charge is 0.459 e. The van der Waals surface area contributed by atoms with Gasteiger partial charge in [-0.1, -0.05) is 23.5 Å². The number of nitrogens with zero attached hydrogens (tertiary/aromatic N) is 1. The van der Waals surface area contributed by atoms with Gasteiger partial charge >= 0.3 is 6.03 Å². The maximum Gasteiger partial charge on any atom is 0.321 e. The lowest BCUT2D eigenvalue weighted by atomic mass is 10.3. The number of furan rings is 1. The van der Waals surface area contributed by atoms with Crippen molar-refractivity contribution < 1.29 is 14.0 Å². The molecular weight excluding hydrogens is 316 g/mol. The molecule has 3 rings (SSSR count). The van der Waals surface area contributed by atoms with Gasteiger partial charge in [-0.3, -0.25) is 10.1 Å². The Morgan fingerprint density at radius 3 is 2.70 bits per heavy atom. The number of hydrogen-bond donors (Lipinski definition) is 3. The normalized spacial score (nSPS) is 10.4. The fraction of sp³-hybridized carbons (Fsp3) is 0.133. The van der Waals surface area contributed by atoms with Crippen molar-refractivity contribution >= 4 is 38.6 Å². The standard InChI is InChI=1S/C15H14N4O3S/c20-13(11-5-3-9-22-11)16-7-8-17-14(21)19-15-18-10-4-1-2-6-12(10)23-15/h1-6,9H,7-8H2,(H,16,20)(H2,17,18,19,21). The van der Waals surface area contributed by atoms with Gasteiger partial charge in [-0.15, -0.1) is 0 Å². The van der Waals surface area contributed by atoms with Crippen LogP contribution in [0.5, 0.6) is 0 Å². The van der Waals surface area contributed by atoms with Crippen molar-refractivity contribution in [3.8, 4) is 0 Å². The van der Waals surface area contributed by atoms with Crippen molar-refractivity contribution in [2.75, 3.05) is 18.4 Å². The minimum atomic E-state index is -0.365. The molecule has 0 aliphatic heterocycles. The van der Waals surface area contributed by atoms with E-state index in [-0.39, 0.29) is 17.7 Å². The summed E-state index contributed by atoms with van der Waals surface area (Å²) in [6.45, 7) is 0.593. The van der Waals surface area contributed by atoms with E-state index in [9.17, 15) is 9.59 Å². The topological polar surface area (TPSA) is 96.3 Å². The van der Waals surface area contributed by atoms with E-state index in [1.54, 1.807) is 12.1 Å². The summed E-state index contributed by atoms with van der Waals surface area (Å²) in [6.07, 6.45) is 1.43. The zero-order valence-electron chi connectivity index (χ0n) is 12.0. The number of carbonyl (C=O) groups excluding carboxylic acids is 2. The van der Waals surface area contributed by atoms with Crippen LogP contribution in [-0.4, -0.2) is 30.0 Å². The van der Waals surface area contributed by atoms with Crippen LogP contribution in [0.1, 0.15) is 10.6 Å². The number of carbonyl (C=O) groups is 2. The summed E-state index contributed by atoms with van der Waals surface area (Å²) < 4.78 is 5.97. The van der Waals surface area contributed by atoms with Crippen LogP contribution in [0.15, 0.2) is 47.1 Å². The van der Waals surface area contributed by atoms with Gasteiger partial charge in [0.05, 0.1) is 16.5 Å².